The summed E-state index contributed by atoms with van der Waals surface area (Å²) in [6.45, 7) is 4.07. The Bertz CT molecular complexity index is 782. The van der Waals surface area contributed by atoms with Gasteiger partial charge in [0.1, 0.15) is 18.1 Å². The Balaban J connectivity index is 1.69. The summed E-state index contributed by atoms with van der Waals surface area (Å²) in [5.74, 6) is 1.18. The Morgan fingerprint density at radius 2 is 2.32 bits per heavy atom. The van der Waals surface area contributed by atoms with Gasteiger partial charge in [0.15, 0.2) is 0 Å². The first-order valence-electron chi connectivity index (χ1n) is 8.13. The van der Waals surface area contributed by atoms with Crippen LogP contribution in [-0.4, -0.2) is 54.5 Å². The second kappa shape index (κ2) is 7.01. The van der Waals surface area contributed by atoms with Crippen molar-refractivity contribution in [2.24, 2.45) is 7.05 Å². The fraction of sp³-hybridized carbons (Fsp3) is 0.533. The molecule has 0 radical (unpaired) electrons. The largest absolute Gasteiger partial charge is 0.381 e. The van der Waals surface area contributed by atoms with Crippen LogP contribution in [0.1, 0.15) is 24.1 Å². The van der Waals surface area contributed by atoms with E-state index in [1.165, 1.54) is 6.20 Å². The Labute approximate surface area is 144 Å². The topological polar surface area (TPSA) is 111 Å². The smallest absolute Gasteiger partial charge is 0.358 e. The normalized spacial score (nSPS) is 17.7. The number of nitro groups is 1. The van der Waals surface area contributed by atoms with Crippen LogP contribution in [0.2, 0.25) is 0 Å². The van der Waals surface area contributed by atoms with Crippen LogP contribution in [-0.2, 0) is 18.4 Å². The summed E-state index contributed by atoms with van der Waals surface area (Å²) in [6.07, 6.45) is 5.22. The quantitative estimate of drug-likeness (QED) is 0.619. The van der Waals surface area contributed by atoms with Gasteiger partial charge >= 0.3 is 5.82 Å². The van der Waals surface area contributed by atoms with E-state index in [2.05, 4.69) is 15.3 Å². The van der Waals surface area contributed by atoms with Crippen LogP contribution < -0.4 is 5.32 Å². The van der Waals surface area contributed by atoms with Crippen LogP contribution in [0.4, 0.5) is 5.82 Å². The number of hydrogen-bond donors (Lipinski definition) is 1. The zero-order chi connectivity index (χ0) is 18.0. The third kappa shape index (κ3) is 3.53. The number of piperazine rings is 1. The lowest BCUT2D eigenvalue weighted by molar-refractivity contribution is -0.389. The average Bonchev–Trinajstić information content (AvgIpc) is 3.18. The van der Waals surface area contributed by atoms with E-state index >= 15 is 0 Å². The summed E-state index contributed by atoms with van der Waals surface area (Å²) in [6, 6.07) is -0.112. The van der Waals surface area contributed by atoms with Gasteiger partial charge in [0.2, 0.25) is 11.7 Å². The lowest BCUT2D eigenvalue weighted by atomic mass is 10.1. The molecule has 0 aliphatic carbocycles. The van der Waals surface area contributed by atoms with Crippen molar-refractivity contribution < 1.29 is 9.72 Å². The molecule has 2 aromatic rings. The van der Waals surface area contributed by atoms with Crippen LogP contribution in [0.15, 0.2) is 18.6 Å². The van der Waals surface area contributed by atoms with E-state index in [0.29, 0.717) is 25.5 Å². The van der Waals surface area contributed by atoms with Crippen molar-refractivity contribution in [3.05, 3.63) is 40.4 Å². The molecule has 1 unspecified atom stereocenters. The monoisotopic (exact) mass is 347 g/mol. The molecule has 1 aliphatic heterocycles. The van der Waals surface area contributed by atoms with Crippen LogP contribution in [0.3, 0.4) is 0 Å². The molecule has 1 saturated heterocycles. The van der Waals surface area contributed by atoms with Crippen molar-refractivity contribution in [3.63, 3.8) is 0 Å². The minimum Gasteiger partial charge on any atom is -0.358 e. The zero-order valence-corrected chi connectivity index (χ0v) is 14.3. The highest BCUT2D eigenvalue weighted by Gasteiger charge is 2.30. The molecule has 1 N–H and O–H groups in total. The van der Waals surface area contributed by atoms with E-state index in [-0.39, 0.29) is 24.2 Å². The number of aryl methyl sites for hydroxylation is 3. The van der Waals surface area contributed by atoms with Gasteiger partial charge in [-0.25, -0.2) is 4.98 Å². The maximum atomic E-state index is 12.7. The third-order valence-electron chi connectivity index (χ3n) is 4.44. The van der Waals surface area contributed by atoms with Gasteiger partial charge in [-0.2, -0.15) is 0 Å². The molecule has 134 valence electrons. The first kappa shape index (κ1) is 17.1. The molecule has 1 aliphatic rings. The van der Waals surface area contributed by atoms with Crippen molar-refractivity contribution in [1.82, 2.24) is 29.3 Å². The van der Waals surface area contributed by atoms with E-state index < -0.39 is 4.92 Å². The summed E-state index contributed by atoms with van der Waals surface area (Å²) >= 11 is 0. The number of rotatable bonds is 5. The SMILES string of the molecule is Cc1nc([N+](=O)[O-])cn1CCC(=O)N1CCNCC1c1nccn1C. The van der Waals surface area contributed by atoms with Crippen molar-refractivity contribution in [1.29, 1.82) is 0 Å². The highest BCUT2D eigenvalue weighted by atomic mass is 16.6. The Kier molecular flexibility index (Phi) is 4.79. The average molecular weight is 347 g/mol. The molecule has 1 fully saturated rings. The first-order chi connectivity index (χ1) is 12.0. The molecule has 10 heteroatoms. The zero-order valence-electron chi connectivity index (χ0n) is 14.3. The summed E-state index contributed by atoms with van der Waals surface area (Å²) < 4.78 is 3.56. The fourth-order valence-corrected chi connectivity index (χ4v) is 3.10. The summed E-state index contributed by atoms with van der Waals surface area (Å²) in [4.78, 5) is 33.1. The number of amides is 1. The maximum Gasteiger partial charge on any atom is 0.381 e. The predicted octanol–water partition coefficient (Wildman–Crippen LogP) is 0.396. The Morgan fingerprint density at radius 3 is 2.96 bits per heavy atom. The maximum absolute atomic E-state index is 12.7. The molecule has 25 heavy (non-hydrogen) atoms. The molecule has 1 amide bonds. The second-order valence-corrected chi connectivity index (χ2v) is 6.05. The van der Waals surface area contributed by atoms with E-state index in [0.717, 1.165) is 12.4 Å². The minimum absolute atomic E-state index is 0.00486. The highest BCUT2D eigenvalue weighted by molar-refractivity contribution is 5.76. The molecular formula is C15H21N7O3. The molecule has 10 nitrogen and oxygen atoms in total. The molecule has 0 saturated carbocycles. The van der Waals surface area contributed by atoms with Crippen molar-refractivity contribution in [2.75, 3.05) is 19.6 Å². The van der Waals surface area contributed by atoms with E-state index in [9.17, 15) is 14.9 Å². The standard InChI is InChI=1S/C15H21N7O3/c1-11-18-13(22(24)25)10-20(11)6-3-14(23)21-8-4-16-9-12(21)15-17-5-7-19(15)2/h5,7,10,12,16H,3-4,6,8-9H2,1-2H3. The van der Waals surface area contributed by atoms with Gasteiger partial charge in [0.25, 0.3) is 0 Å². The molecule has 0 spiro atoms. The number of aromatic nitrogens is 4. The van der Waals surface area contributed by atoms with Crippen LogP contribution in [0.25, 0.3) is 0 Å². The van der Waals surface area contributed by atoms with Gasteiger partial charge in [0, 0.05) is 59.0 Å². The van der Waals surface area contributed by atoms with E-state index in [4.69, 9.17) is 0 Å². The molecule has 1 atom stereocenters. The first-order valence-corrected chi connectivity index (χ1v) is 8.13. The van der Waals surface area contributed by atoms with E-state index in [1.807, 2.05) is 22.7 Å². The van der Waals surface area contributed by atoms with Gasteiger partial charge in [-0.1, -0.05) is 0 Å². The number of carbonyl (C=O) groups excluding carboxylic acids is 1. The summed E-state index contributed by atoms with van der Waals surface area (Å²) in [7, 11) is 1.91. The third-order valence-corrected chi connectivity index (χ3v) is 4.44. The number of nitrogens with zero attached hydrogens (tertiary/aromatic N) is 6. The predicted molar refractivity (Wildman–Crippen MR) is 88.8 cm³/mol. The lowest BCUT2D eigenvalue weighted by Crippen LogP contribution is -2.49. The Hall–Kier alpha value is -2.75. The van der Waals surface area contributed by atoms with E-state index in [1.54, 1.807) is 17.7 Å². The molecule has 3 heterocycles. The molecular weight excluding hydrogens is 326 g/mol. The second-order valence-electron chi connectivity index (χ2n) is 6.05. The lowest BCUT2D eigenvalue weighted by Gasteiger charge is -2.35. The van der Waals surface area contributed by atoms with Crippen molar-refractivity contribution in [2.45, 2.75) is 25.9 Å². The molecule has 0 aromatic carbocycles. The fourth-order valence-electron chi connectivity index (χ4n) is 3.10. The van der Waals surface area contributed by atoms with Gasteiger partial charge in [-0.3, -0.25) is 4.79 Å². The van der Waals surface area contributed by atoms with Crippen molar-refractivity contribution >= 4 is 11.7 Å². The van der Waals surface area contributed by atoms with Gasteiger partial charge in [-0.15, -0.1) is 0 Å². The minimum atomic E-state index is -0.529. The van der Waals surface area contributed by atoms with Gasteiger partial charge in [0.05, 0.1) is 0 Å². The van der Waals surface area contributed by atoms with Gasteiger partial charge < -0.3 is 29.5 Å². The van der Waals surface area contributed by atoms with Crippen molar-refractivity contribution in [3.8, 4) is 0 Å². The highest BCUT2D eigenvalue weighted by Crippen LogP contribution is 2.21. The summed E-state index contributed by atoms with van der Waals surface area (Å²) in [5, 5.41) is 14.1. The Morgan fingerprint density at radius 1 is 1.52 bits per heavy atom. The number of hydrogen-bond acceptors (Lipinski definition) is 6. The van der Waals surface area contributed by atoms with Gasteiger partial charge in [-0.05, 0) is 9.91 Å². The summed E-state index contributed by atoms with van der Waals surface area (Å²) in [5.41, 5.74) is 0. The molecule has 2 aromatic heterocycles. The molecule has 0 bridgehead atoms. The number of imidazole rings is 2. The van der Waals surface area contributed by atoms with Crippen LogP contribution in [0, 0.1) is 17.0 Å². The van der Waals surface area contributed by atoms with Crippen LogP contribution >= 0.6 is 0 Å². The number of nitrogens with one attached hydrogen (secondary N) is 1. The van der Waals surface area contributed by atoms with Crippen LogP contribution in [0.5, 0.6) is 0 Å². The molecule has 3 rings (SSSR count). The number of carbonyl (C=O) groups is 1.